The summed E-state index contributed by atoms with van der Waals surface area (Å²) in [6, 6.07) is 8.71. The minimum Gasteiger partial charge on any atom is -0.736 e. The number of rotatable bonds is 0. The van der Waals surface area contributed by atoms with Crippen LogP contribution in [0.1, 0.15) is 0 Å². The summed E-state index contributed by atoms with van der Waals surface area (Å²) in [4.78, 5) is 0. The smallest absolute Gasteiger partial charge is 0.736 e. The molecule has 0 aliphatic carbocycles. The number of benzene rings is 1. The van der Waals surface area contributed by atoms with Gasteiger partial charge in [-0.2, -0.15) is 0 Å². The van der Waals surface area contributed by atoms with Crippen LogP contribution in [0.15, 0.2) is 30.3 Å². The Hall–Kier alpha value is 0.760. The third-order valence-electron chi connectivity index (χ3n) is 0.756. The van der Waals surface area contributed by atoms with Crippen LogP contribution in [0.5, 0.6) is 5.75 Å². The molecule has 0 aliphatic heterocycles. The summed E-state index contributed by atoms with van der Waals surface area (Å²) in [7, 11) is -8.83. The Balaban J connectivity index is -0.0000000866. The zero-order valence-electron chi connectivity index (χ0n) is 10.3. The summed E-state index contributed by atoms with van der Waals surface area (Å²) in [5, 5.41) is 16.2. The van der Waals surface area contributed by atoms with Crippen LogP contribution in [-0.4, -0.2) is 31.0 Å². The van der Waals surface area contributed by atoms with Gasteiger partial charge in [-0.1, -0.05) is 18.2 Å². The van der Waals surface area contributed by atoms with Crippen LogP contribution in [0.2, 0.25) is 0 Å². The molecule has 5 N–H and O–H groups in total. The summed E-state index contributed by atoms with van der Waals surface area (Å²) < 4.78 is 53.1. The minimum absolute atomic E-state index is 0. The first-order valence-electron chi connectivity index (χ1n) is 3.61. The molecule has 1 aromatic rings. The molecule has 100 valence electrons. The number of hydrogen-bond acceptors (Lipinski definition) is 7. The Morgan fingerprint density at radius 2 is 1.05 bits per heavy atom. The van der Waals surface area contributed by atoms with Crippen molar-refractivity contribution in [2.75, 3.05) is 0 Å². The summed E-state index contributed by atoms with van der Waals surface area (Å²) in [5.74, 6) is 0.322. The summed E-state index contributed by atoms with van der Waals surface area (Å²) in [6.07, 6.45) is 0. The summed E-state index contributed by atoms with van der Waals surface area (Å²) >= 11 is 0. The molecule has 0 bridgehead atoms. The van der Waals surface area contributed by atoms with Crippen molar-refractivity contribution in [3.8, 4) is 5.75 Å². The van der Waals surface area contributed by atoms with Crippen LogP contribution in [0.3, 0.4) is 0 Å². The van der Waals surface area contributed by atoms with Gasteiger partial charge in [-0.15, -0.1) is 0 Å². The Kier molecular flexibility index (Phi) is 20.2. The standard InChI is InChI=1S/C6H6O.2H3NO3S.2Na/c7-6-4-2-1-3-5-6;2*1-5(2,3)4;;/h1-5,7H;2*(H3,1,2,3,4);;/q;;;2*+1/p-2. The molecule has 0 saturated heterocycles. The van der Waals surface area contributed by atoms with Gasteiger partial charge in [0.15, 0.2) is 20.6 Å². The van der Waals surface area contributed by atoms with Gasteiger partial charge in [0.2, 0.25) is 0 Å². The van der Waals surface area contributed by atoms with E-state index in [2.05, 4.69) is 10.3 Å². The Morgan fingerprint density at radius 3 is 1.16 bits per heavy atom. The summed E-state index contributed by atoms with van der Waals surface area (Å²) in [5.41, 5.74) is 0. The molecule has 0 saturated carbocycles. The van der Waals surface area contributed by atoms with Crippen molar-refractivity contribution < 1.29 is 90.2 Å². The first-order chi connectivity index (χ1) is 7.39. The predicted molar refractivity (Wildman–Crippen MR) is 55.9 cm³/mol. The molecule has 0 amide bonds. The maximum absolute atomic E-state index is 8.85. The van der Waals surface area contributed by atoms with Crippen LogP contribution in [0, 0.1) is 0 Å². The van der Waals surface area contributed by atoms with Crippen LogP contribution < -0.4 is 69.4 Å². The topological polar surface area (TPSA) is 187 Å². The predicted octanol–water partition coefficient (Wildman–Crippen LogP) is -7.79. The molecule has 0 unspecified atom stereocenters. The molecule has 0 spiro atoms. The molecule has 0 aromatic heterocycles. The third kappa shape index (κ3) is 68.7. The van der Waals surface area contributed by atoms with E-state index in [1.807, 2.05) is 6.07 Å². The van der Waals surface area contributed by atoms with Gasteiger partial charge >= 0.3 is 59.1 Å². The molecule has 0 fully saturated rings. The van der Waals surface area contributed by atoms with Gasteiger partial charge in [-0.3, -0.25) is 0 Å². The van der Waals surface area contributed by atoms with E-state index in [1.54, 1.807) is 24.3 Å². The van der Waals surface area contributed by atoms with Gasteiger partial charge in [-0.05, 0) is 12.1 Å². The number of aromatic hydroxyl groups is 1. The number of nitrogens with two attached hydrogens (primary N) is 2. The Bertz CT molecular complexity index is 460. The van der Waals surface area contributed by atoms with Crippen molar-refractivity contribution in [1.82, 2.24) is 0 Å². The molecular weight excluding hydrogens is 322 g/mol. The van der Waals surface area contributed by atoms with Crippen LogP contribution >= 0.6 is 0 Å². The van der Waals surface area contributed by atoms with Crippen LogP contribution in [0.25, 0.3) is 0 Å². The SMILES string of the molecule is NS(=O)(=O)[O-].NS(=O)(=O)[O-].Oc1ccccc1.[Na+].[Na+]. The summed E-state index contributed by atoms with van der Waals surface area (Å²) in [6.45, 7) is 0. The molecule has 0 aliphatic rings. The number of phenols is 1. The normalized spacial score (nSPS) is 9.26. The van der Waals surface area contributed by atoms with Gasteiger partial charge in [0.1, 0.15) is 5.75 Å². The van der Waals surface area contributed by atoms with E-state index in [0.29, 0.717) is 5.75 Å². The zero-order valence-corrected chi connectivity index (χ0v) is 15.9. The fourth-order valence-electron chi connectivity index (χ4n) is 0.428. The van der Waals surface area contributed by atoms with E-state index >= 15 is 0 Å². The molecule has 0 heterocycles. The van der Waals surface area contributed by atoms with Gasteiger partial charge < -0.3 is 14.2 Å². The van der Waals surface area contributed by atoms with E-state index < -0.39 is 20.6 Å². The van der Waals surface area contributed by atoms with Crippen LogP contribution in [-0.2, 0) is 20.6 Å². The first kappa shape index (κ1) is 28.0. The van der Waals surface area contributed by atoms with Gasteiger partial charge in [-0.25, -0.2) is 27.1 Å². The maximum atomic E-state index is 8.85. The first-order valence-corrected chi connectivity index (χ1v) is 6.55. The molecule has 9 nitrogen and oxygen atoms in total. The van der Waals surface area contributed by atoms with Crippen molar-refractivity contribution in [2.45, 2.75) is 0 Å². The molecule has 1 aromatic carbocycles. The molecule has 1 rings (SSSR count). The fraction of sp³-hybridized carbons (Fsp3) is 0. The molecule has 0 radical (unpaired) electrons. The van der Waals surface area contributed by atoms with Crippen LogP contribution in [0.4, 0.5) is 0 Å². The average Bonchev–Trinajstić information content (AvgIpc) is 1.98. The van der Waals surface area contributed by atoms with E-state index in [4.69, 9.17) is 31.0 Å². The van der Waals surface area contributed by atoms with E-state index in [9.17, 15) is 0 Å². The maximum Gasteiger partial charge on any atom is 1.00 e. The van der Waals surface area contributed by atoms with Gasteiger partial charge in [0.05, 0.1) is 0 Å². The minimum atomic E-state index is -4.42. The van der Waals surface area contributed by atoms with E-state index in [-0.39, 0.29) is 59.1 Å². The number of hydrogen-bond donors (Lipinski definition) is 3. The second kappa shape index (κ2) is 13.7. The number of para-hydroxylation sites is 1. The van der Waals surface area contributed by atoms with Crippen molar-refractivity contribution in [3.05, 3.63) is 30.3 Å². The quantitative estimate of drug-likeness (QED) is 0.311. The largest absolute Gasteiger partial charge is 1.00 e. The van der Waals surface area contributed by atoms with Gasteiger partial charge in [0.25, 0.3) is 0 Å². The molecule has 13 heteroatoms. The van der Waals surface area contributed by atoms with Gasteiger partial charge in [0, 0.05) is 0 Å². The van der Waals surface area contributed by atoms with Crippen molar-refractivity contribution in [3.63, 3.8) is 0 Å². The molecule has 19 heavy (non-hydrogen) atoms. The Morgan fingerprint density at radius 1 is 0.842 bits per heavy atom. The molecular formula is C6H10N2Na2O7S2. The van der Waals surface area contributed by atoms with Crippen molar-refractivity contribution in [1.29, 1.82) is 0 Å². The zero-order chi connectivity index (χ0) is 14.1. The molecule has 0 atom stereocenters. The van der Waals surface area contributed by atoms with Crippen molar-refractivity contribution in [2.24, 2.45) is 10.3 Å². The average molecular weight is 332 g/mol. The third-order valence-corrected chi connectivity index (χ3v) is 0.756. The fourth-order valence-corrected chi connectivity index (χ4v) is 0.428. The monoisotopic (exact) mass is 332 g/mol. The van der Waals surface area contributed by atoms with E-state index in [1.165, 1.54) is 0 Å². The second-order valence-corrected chi connectivity index (χ2v) is 4.29. The van der Waals surface area contributed by atoms with E-state index in [0.717, 1.165) is 0 Å². The number of phenolic OH excluding ortho intramolecular Hbond substituents is 1. The second-order valence-electron chi connectivity index (χ2n) is 2.32. The van der Waals surface area contributed by atoms with Crippen molar-refractivity contribution >= 4 is 20.6 Å². The Labute approximate surface area is 155 Å².